The molecule has 0 aromatic heterocycles. The van der Waals surface area contributed by atoms with Crippen molar-refractivity contribution in [3.8, 4) is 46.0 Å². The lowest BCUT2D eigenvalue weighted by molar-refractivity contribution is 0.0966. The fourth-order valence-electron chi connectivity index (χ4n) is 11.2. The average molecular weight is 1210 g/mol. The van der Waals surface area contributed by atoms with Crippen LogP contribution < -0.4 is 37.9 Å². The molecule has 360 valence electrons. The summed E-state index contributed by atoms with van der Waals surface area (Å²) in [6.45, 7) is 8.03. The van der Waals surface area contributed by atoms with E-state index in [0.29, 0.717) is 63.9 Å². The van der Waals surface area contributed by atoms with Gasteiger partial charge in [0.05, 0.1) is 0 Å². The number of ether oxygens (including phenoxy) is 8. The van der Waals surface area contributed by atoms with Crippen molar-refractivity contribution in [3.05, 3.63) is 228 Å². The van der Waals surface area contributed by atoms with Gasteiger partial charge in [-0.15, -0.1) is 0 Å². The SMILES string of the molecule is Cc1ccc(C2c3cc4c5c(Br)c3OCOc3c2cc2c(c3Br)OCOc3c(cc6c(c3Br)OCOc3c(cc(c(c3Br)OCO5)C4c3ccc(C)cc3)C6c3ccc(C)cc3)C2c2ccc(C)cc2)cc1. The molecule has 0 saturated heterocycles. The van der Waals surface area contributed by atoms with Crippen LogP contribution in [0.15, 0.2) is 139 Å². The van der Waals surface area contributed by atoms with Crippen LogP contribution in [0.5, 0.6) is 46.0 Å². The summed E-state index contributed by atoms with van der Waals surface area (Å²) in [4.78, 5) is 0. The predicted molar refractivity (Wildman–Crippen MR) is 290 cm³/mol. The molecule has 5 aliphatic rings. The molecule has 0 spiro atoms. The molecule has 8 aromatic carbocycles. The van der Waals surface area contributed by atoms with Gasteiger partial charge in [-0.1, -0.05) is 119 Å². The topological polar surface area (TPSA) is 73.8 Å². The zero-order valence-electron chi connectivity index (χ0n) is 39.5. The van der Waals surface area contributed by atoms with Gasteiger partial charge in [0.15, 0.2) is 0 Å². The first-order chi connectivity index (χ1) is 35.0. The third kappa shape index (κ3) is 7.36. The number of rotatable bonds is 4. The Morgan fingerprint density at radius 1 is 0.264 bits per heavy atom. The van der Waals surface area contributed by atoms with Crippen molar-refractivity contribution < 1.29 is 37.9 Å². The van der Waals surface area contributed by atoms with Crippen LogP contribution in [-0.2, 0) is 0 Å². The van der Waals surface area contributed by atoms with E-state index >= 15 is 0 Å². The Hall–Kier alpha value is -5.92. The summed E-state index contributed by atoms with van der Waals surface area (Å²) in [6.07, 6.45) is 0. The van der Waals surface area contributed by atoms with Crippen molar-refractivity contribution in [1.82, 2.24) is 0 Å². The first-order valence-corrected chi connectivity index (χ1v) is 26.9. The smallest absolute Gasteiger partial charge is 0.231 e. The zero-order valence-corrected chi connectivity index (χ0v) is 45.8. The highest BCUT2D eigenvalue weighted by atomic mass is 79.9. The summed E-state index contributed by atoms with van der Waals surface area (Å²) in [5.74, 6) is 3.13. The van der Waals surface area contributed by atoms with Crippen molar-refractivity contribution in [2.24, 2.45) is 0 Å². The Labute approximate surface area is 451 Å². The van der Waals surface area contributed by atoms with Crippen LogP contribution in [0.4, 0.5) is 0 Å². The Kier molecular flexibility index (Phi) is 11.4. The summed E-state index contributed by atoms with van der Waals surface area (Å²) in [5.41, 5.74) is 16.2. The molecule has 8 nitrogen and oxygen atoms in total. The Bertz CT molecular complexity index is 2930. The molecule has 0 atom stereocenters. The van der Waals surface area contributed by atoms with E-state index in [2.05, 4.69) is 213 Å². The molecular formula is C60H44Br4O8. The predicted octanol–water partition coefficient (Wildman–Crippen LogP) is 15.9. The van der Waals surface area contributed by atoms with Crippen molar-refractivity contribution in [2.45, 2.75) is 51.4 Å². The molecule has 0 fully saturated rings. The highest BCUT2D eigenvalue weighted by Gasteiger charge is 2.42. The van der Waals surface area contributed by atoms with Crippen molar-refractivity contribution in [3.63, 3.8) is 0 Å². The number of hydrogen-bond acceptors (Lipinski definition) is 8. The summed E-state index contributed by atoms with van der Waals surface area (Å²) in [7, 11) is 0. The first kappa shape index (κ1) is 45.9. The lowest BCUT2D eigenvalue weighted by Gasteiger charge is -2.36. The highest BCUT2D eigenvalue weighted by Crippen LogP contribution is 2.61. The molecular weight excluding hydrogens is 1170 g/mol. The zero-order chi connectivity index (χ0) is 49.1. The molecule has 0 amide bonds. The monoisotopic (exact) mass is 1210 g/mol. The maximum Gasteiger partial charge on any atom is 0.231 e. The molecule has 1 aliphatic carbocycles. The highest BCUT2D eigenvalue weighted by molar-refractivity contribution is 9.11. The molecule has 8 aromatic rings. The molecule has 0 radical (unpaired) electrons. The largest absolute Gasteiger partial charge is 0.456 e. The van der Waals surface area contributed by atoms with E-state index in [1.165, 1.54) is 0 Å². The molecule has 12 heteroatoms. The molecule has 0 N–H and O–H groups in total. The lowest BCUT2D eigenvalue weighted by Crippen LogP contribution is -2.24. The van der Waals surface area contributed by atoms with E-state index in [9.17, 15) is 0 Å². The van der Waals surface area contributed by atoms with Crippen LogP contribution in [0.2, 0.25) is 0 Å². The van der Waals surface area contributed by atoms with Crippen LogP contribution in [0.1, 0.15) is 113 Å². The van der Waals surface area contributed by atoms with Gasteiger partial charge in [0.2, 0.25) is 27.2 Å². The first-order valence-electron chi connectivity index (χ1n) is 23.8. The minimum Gasteiger partial charge on any atom is -0.456 e. The molecule has 4 aliphatic heterocycles. The van der Waals surface area contributed by atoms with E-state index in [1.54, 1.807) is 0 Å². The van der Waals surface area contributed by atoms with Gasteiger partial charge in [0.25, 0.3) is 0 Å². The van der Waals surface area contributed by atoms with E-state index in [0.717, 1.165) is 89.0 Å². The Morgan fingerprint density at radius 2 is 0.417 bits per heavy atom. The number of aryl methyl sites for hydroxylation is 4. The van der Waals surface area contributed by atoms with Crippen molar-refractivity contribution in [1.29, 1.82) is 0 Å². The summed E-state index contributed by atoms with van der Waals surface area (Å²) in [6, 6.07) is 44.1. The van der Waals surface area contributed by atoms with Gasteiger partial charge in [0.1, 0.15) is 63.9 Å². The van der Waals surface area contributed by atoms with Crippen LogP contribution in [-0.4, -0.2) is 27.2 Å². The summed E-state index contributed by atoms with van der Waals surface area (Å²) >= 11 is 16.5. The Balaban J connectivity index is 1.26. The molecule has 0 saturated carbocycles. The van der Waals surface area contributed by atoms with E-state index in [4.69, 9.17) is 37.9 Å². The van der Waals surface area contributed by atoms with Crippen LogP contribution >= 0.6 is 63.7 Å². The molecule has 13 rings (SSSR count). The normalized spacial score (nSPS) is 18.7. The van der Waals surface area contributed by atoms with Gasteiger partial charge in [-0.05, 0) is 138 Å². The number of halogens is 4. The third-order valence-electron chi connectivity index (χ3n) is 14.7. The summed E-state index contributed by atoms with van der Waals surface area (Å²) in [5, 5.41) is 0. The van der Waals surface area contributed by atoms with Crippen LogP contribution in [0, 0.1) is 27.7 Å². The van der Waals surface area contributed by atoms with Crippen LogP contribution in [0.3, 0.4) is 0 Å². The Morgan fingerprint density at radius 3 is 0.569 bits per heavy atom. The minimum atomic E-state index is -0.431. The second-order valence-corrected chi connectivity index (χ2v) is 22.3. The van der Waals surface area contributed by atoms with E-state index < -0.39 is 23.7 Å². The van der Waals surface area contributed by atoms with Gasteiger partial charge in [-0.25, -0.2) is 0 Å². The maximum atomic E-state index is 6.81. The molecule has 8 bridgehead atoms. The molecule has 0 unspecified atom stereocenters. The average Bonchev–Trinajstić information content (AvgIpc) is 3.35. The second kappa shape index (κ2) is 17.9. The van der Waals surface area contributed by atoms with Gasteiger partial charge in [0, 0.05) is 68.2 Å². The fraction of sp³-hybridized carbons (Fsp3) is 0.200. The van der Waals surface area contributed by atoms with Crippen molar-refractivity contribution in [2.75, 3.05) is 27.2 Å². The van der Waals surface area contributed by atoms with Gasteiger partial charge < -0.3 is 37.9 Å². The lowest BCUT2D eigenvalue weighted by atomic mass is 9.74. The summed E-state index contributed by atoms with van der Waals surface area (Å²) < 4.78 is 57.1. The fourth-order valence-corrected chi connectivity index (χ4v) is 14.0. The number of benzene rings is 8. The second-order valence-electron chi connectivity index (χ2n) is 19.1. The molecule has 4 heterocycles. The van der Waals surface area contributed by atoms with E-state index in [-0.39, 0.29) is 27.2 Å². The standard InChI is InChI=1S/C60H44Br4O8/c1-29-5-13-33(14-6-29)45-37-21-39-46(34-15-7-30(2)8-16-34)41-23-43-48(36-19-11-32(4)12-20-36)44-24-42-47(35-17-9-31(3)10-18-35)40-22-38(45)54-50(62)56(40)68-27-70-58(42)52(64)60(44)72-28-71-59(43)51(63)57(41)69-26-67-55(39)49(61)53(37)65-25-66-54/h5-24,45-48H,25-28H2,1-4H3. The van der Waals surface area contributed by atoms with Crippen molar-refractivity contribution >= 4 is 63.7 Å². The van der Waals surface area contributed by atoms with Crippen LogP contribution in [0.25, 0.3) is 0 Å². The quantitative estimate of drug-likeness (QED) is 0.173. The van der Waals surface area contributed by atoms with Gasteiger partial charge >= 0.3 is 0 Å². The molecule has 72 heavy (non-hydrogen) atoms. The maximum absolute atomic E-state index is 6.81. The van der Waals surface area contributed by atoms with Gasteiger partial charge in [-0.2, -0.15) is 0 Å². The number of hydrogen-bond donors (Lipinski definition) is 0. The minimum absolute atomic E-state index is 0.102. The van der Waals surface area contributed by atoms with Gasteiger partial charge in [-0.3, -0.25) is 0 Å². The van der Waals surface area contributed by atoms with E-state index in [1.807, 2.05) is 0 Å². The third-order valence-corrected chi connectivity index (χ3v) is 17.6.